The molecule has 4 rings (SSSR count). The van der Waals surface area contributed by atoms with Crippen molar-refractivity contribution in [3.63, 3.8) is 0 Å². The minimum absolute atomic E-state index is 0.243. The third-order valence-corrected chi connectivity index (χ3v) is 6.57. The molecule has 4 nitrogen and oxygen atoms in total. The normalized spacial score (nSPS) is 14.7. The Morgan fingerprint density at radius 2 is 1.97 bits per heavy atom. The van der Waals surface area contributed by atoms with Crippen molar-refractivity contribution in [2.75, 3.05) is 29.9 Å². The van der Waals surface area contributed by atoms with Crippen LogP contribution in [0.5, 0.6) is 0 Å². The van der Waals surface area contributed by atoms with Crippen LogP contribution in [0, 0.1) is 5.82 Å². The van der Waals surface area contributed by atoms with Gasteiger partial charge in [0.1, 0.15) is 11.5 Å². The maximum Gasteiger partial charge on any atom is 0.275 e. The lowest BCUT2D eigenvalue weighted by atomic mass is 10.1. The van der Waals surface area contributed by atoms with Crippen molar-refractivity contribution in [2.45, 2.75) is 13.0 Å². The first kappa shape index (κ1) is 20.1. The first-order valence-corrected chi connectivity index (χ1v) is 11.6. The molecule has 1 saturated heterocycles. The van der Waals surface area contributed by atoms with Gasteiger partial charge in [0.05, 0.1) is 5.01 Å². The van der Waals surface area contributed by atoms with Crippen LogP contribution in [0.25, 0.3) is 0 Å². The number of carbonyl (C=O) groups is 1. The number of anilines is 1. The van der Waals surface area contributed by atoms with Crippen molar-refractivity contribution < 1.29 is 9.18 Å². The fraction of sp³-hybridized carbons (Fsp3) is 0.273. The van der Waals surface area contributed by atoms with E-state index < -0.39 is 0 Å². The van der Waals surface area contributed by atoms with E-state index in [2.05, 4.69) is 21.3 Å². The lowest BCUT2D eigenvalue weighted by Crippen LogP contribution is -2.31. The average Bonchev–Trinajstić information content (AvgIpc) is 3.20. The number of rotatable bonds is 6. The maximum atomic E-state index is 13.8. The van der Waals surface area contributed by atoms with Crippen molar-refractivity contribution in [3.05, 3.63) is 81.6 Å². The number of benzene rings is 2. The first-order valence-electron chi connectivity index (χ1n) is 9.55. The minimum atomic E-state index is -0.252. The number of nitrogens with one attached hydrogen (secondary N) is 1. The zero-order valence-corrected chi connectivity index (χ0v) is 17.6. The van der Waals surface area contributed by atoms with Gasteiger partial charge in [-0.25, -0.2) is 9.37 Å². The van der Waals surface area contributed by atoms with Crippen LogP contribution in [0.15, 0.2) is 53.9 Å². The quantitative estimate of drug-likeness (QED) is 0.621. The SMILES string of the molecule is O=C(Nc1cccc(CN2CCSCC2)c1)c1csc(Cc2ccccc2F)n1. The van der Waals surface area contributed by atoms with Gasteiger partial charge in [0.25, 0.3) is 5.91 Å². The first-order chi connectivity index (χ1) is 14.2. The highest BCUT2D eigenvalue weighted by atomic mass is 32.2. The fourth-order valence-electron chi connectivity index (χ4n) is 3.26. The van der Waals surface area contributed by atoms with Gasteiger partial charge in [-0.1, -0.05) is 30.3 Å². The van der Waals surface area contributed by atoms with Crippen LogP contribution >= 0.6 is 23.1 Å². The van der Waals surface area contributed by atoms with Gasteiger partial charge in [0, 0.05) is 48.6 Å². The summed E-state index contributed by atoms with van der Waals surface area (Å²) in [6.07, 6.45) is 0.383. The van der Waals surface area contributed by atoms with Gasteiger partial charge >= 0.3 is 0 Å². The van der Waals surface area contributed by atoms with Crippen molar-refractivity contribution in [2.24, 2.45) is 0 Å². The van der Waals surface area contributed by atoms with Gasteiger partial charge in [-0.3, -0.25) is 9.69 Å². The van der Waals surface area contributed by atoms with E-state index in [0.717, 1.165) is 30.3 Å². The molecule has 0 spiro atoms. The van der Waals surface area contributed by atoms with Crippen molar-refractivity contribution in [1.29, 1.82) is 0 Å². The molecule has 0 unspecified atom stereocenters. The van der Waals surface area contributed by atoms with Crippen LogP contribution in [-0.4, -0.2) is 40.4 Å². The number of amides is 1. The highest BCUT2D eigenvalue weighted by molar-refractivity contribution is 7.99. The van der Waals surface area contributed by atoms with Gasteiger partial charge in [-0.05, 0) is 29.3 Å². The topological polar surface area (TPSA) is 45.2 Å². The largest absolute Gasteiger partial charge is 0.321 e. The second kappa shape index (κ2) is 9.52. The summed E-state index contributed by atoms with van der Waals surface area (Å²) in [6, 6.07) is 14.6. The Kier molecular flexibility index (Phi) is 6.59. The highest BCUT2D eigenvalue weighted by Gasteiger charge is 2.14. The van der Waals surface area contributed by atoms with Crippen LogP contribution in [0.4, 0.5) is 10.1 Å². The number of carbonyl (C=O) groups excluding carboxylic acids is 1. The molecule has 3 aromatic rings. The summed E-state index contributed by atoms with van der Waals surface area (Å²) in [6.45, 7) is 3.10. The molecule has 0 saturated carbocycles. The number of halogens is 1. The van der Waals surface area contributed by atoms with E-state index in [0.29, 0.717) is 17.7 Å². The minimum Gasteiger partial charge on any atom is -0.321 e. The second-order valence-corrected chi connectivity index (χ2v) is 9.11. The molecule has 0 atom stereocenters. The van der Waals surface area contributed by atoms with Crippen LogP contribution in [-0.2, 0) is 13.0 Å². The summed E-state index contributed by atoms with van der Waals surface area (Å²) in [7, 11) is 0. The fourth-order valence-corrected chi connectivity index (χ4v) is 5.04. The molecule has 1 amide bonds. The van der Waals surface area contributed by atoms with E-state index >= 15 is 0 Å². The molecule has 1 aliphatic rings. The lowest BCUT2D eigenvalue weighted by Gasteiger charge is -2.26. The Morgan fingerprint density at radius 1 is 1.14 bits per heavy atom. The van der Waals surface area contributed by atoms with E-state index in [1.807, 2.05) is 30.0 Å². The van der Waals surface area contributed by atoms with Crippen LogP contribution < -0.4 is 5.32 Å². The molecule has 2 aromatic carbocycles. The smallest absolute Gasteiger partial charge is 0.275 e. The molecule has 29 heavy (non-hydrogen) atoms. The Morgan fingerprint density at radius 3 is 2.79 bits per heavy atom. The molecule has 150 valence electrons. The van der Waals surface area contributed by atoms with Crippen LogP contribution in [0.1, 0.15) is 26.6 Å². The number of hydrogen-bond acceptors (Lipinski definition) is 5. The summed E-state index contributed by atoms with van der Waals surface area (Å²) < 4.78 is 13.8. The van der Waals surface area contributed by atoms with Gasteiger partial charge in [0.2, 0.25) is 0 Å². The van der Waals surface area contributed by atoms with E-state index in [1.54, 1.807) is 23.6 Å². The molecular formula is C22H22FN3OS2. The van der Waals surface area contributed by atoms with Crippen molar-refractivity contribution >= 4 is 34.7 Å². The number of thioether (sulfide) groups is 1. The number of hydrogen-bond donors (Lipinski definition) is 1. The highest BCUT2D eigenvalue weighted by Crippen LogP contribution is 2.19. The number of thiazole rings is 1. The standard InChI is InChI=1S/C22H22FN3OS2/c23-19-7-2-1-5-17(19)13-21-25-20(15-29-21)22(27)24-18-6-3-4-16(12-18)14-26-8-10-28-11-9-26/h1-7,12,15H,8-11,13-14H2,(H,24,27). The molecular weight excluding hydrogens is 405 g/mol. The summed E-state index contributed by atoms with van der Waals surface area (Å²) >= 11 is 3.37. The van der Waals surface area contributed by atoms with Gasteiger partial charge < -0.3 is 5.32 Å². The van der Waals surface area contributed by atoms with Gasteiger partial charge in [-0.2, -0.15) is 11.8 Å². The van der Waals surface area contributed by atoms with E-state index in [-0.39, 0.29) is 11.7 Å². The molecule has 1 N–H and O–H groups in total. The molecule has 0 aliphatic carbocycles. The molecule has 0 radical (unpaired) electrons. The van der Waals surface area contributed by atoms with E-state index in [4.69, 9.17) is 0 Å². The third-order valence-electron chi connectivity index (χ3n) is 4.78. The zero-order valence-electron chi connectivity index (χ0n) is 15.9. The third kappa shape index (κ3) is 5.44. The Hall–Kier alpha value is -2.22. The number of nitrogens with zero attached hydrogens (tertiary/aromatic N) is 2. The second-order valence-electron chi connectivity index (χ2n) is 6.94. The molecule has 1 aliphatic heterocycles. The van der Waals surface area contributed by atoms with E-state index in [1.165, 1.54) is 34.5 Å². The van der Waals surface area contributed by atoms with Crippen LogP contribution in [0.3, 0.4) is 0 Å². The molecule has 1 aromatic heterocycles. The molecule has 0 bridgehead atoms. The predicted molar refractivity (Wildman–Crippen MR) is 118 cm³/mol. The van der Waals surface area contributed by atoms with Gasteiger partial charge in [0.15, 0.2) is 0 Å². The van der Waals surface area contributed by atoms with E-state index in [9.17, 15) is 9.18 Å². The molecule has 7 heteroatoms. The zero-order chi connectivity index (χ0) is 20.1. The predicted octanol–water partition coefficient (Wildman–Crippen LogP) is 4.67. The van der Waals surface area contributed by atoms with Crippen LogP contribution in [0.2, 0.25) is 0 Å². The number of aromatic nitrogens is 1. The monoisotopic (exact) mass is 427 g/mol. The average molecular weight is 428 g/mol. The Bertz CT molecular complexity index is 985. The maximum absolute atomic E-state index is 13.8. The van der Waals surface area contributed by atoms with Crippen molar-refractivity contribution in [3.8, 4) is 0 Å². The Labute approximate surface area is 178 Å². The lowest BCUT2D eigenvalue weighted by molar-refractivity contribution is 0.102. The summed E-state index contributed by atoms with van der Waals surface area (Å²) in [5.41, 5.74) is 2.90. The summed E-state index contributed by atoms with van der Waals surface area (Å²) in [5, 5.41) is 5.38. The van der Waals surface area contributed by atoms with Crippen molar-refractivity contribution in [1.82, 2.24) is 9.88 Å². The molecule has 1 fully saturated rings. The van der Waals surface area contributed by atoms with Gasteiger partial charge in [-0.15, -0.1) is 11.3 Å². The summed E-state index contributed by atoms with van der Waals surface area (Å²) in [5.74, 6) is 1.86. The molecule has 2 heterocycles. The Balaban J connectivity index is 1.38. The summed E-state index contributed by atoms with van der Waals surface area (Å²) in [4.78, 5) is 19.4.